The molecule has 0 aliphatic heterocycles. The van der Waals surface area contributed by atoms with Gasteiger partial charge in [0.05, 0.1) is 11.3 Å². The highest BCUT2D eigenvalue weighted by Gasteiger charge is 2.31. The normalized spacial score (nSPS) is 19.9. The Bertz CT molecular complexity index is 895. The second kappa shape index (κ2) is 8.19. The van der Waals surface area contributed by atoms with E-state index in [-0.39, 0.29) is 23.3 Å². The van der Waals surface area contributed by atoms with Crippen LogP contribution in [0.25, 0.3) is 0 Å². The van der Waals surface area contributed by atoms with Gasteiger partial charge in [0.15, 0.2) is 0 Å². The number of aliphatic carboxylic acids is 1. The number of carboxylic acid groups (broad SMARTS) is 1. The molecular weight excluding hydrogens is 369 g/mol. The Hall–Kier alpha value is -2.25. The van der Waals surface area contributed by atoms with Crippen LogP contribution in [0.4, 0.5) is 4.39 Å². The smallest absolute Gasteiger partial charge is 0.307 e. The van der Waals surface area contributed by atoms with E-state index in [1.807, 2.05) is 12.1 Å². The van der Waals surface area contributed by atoms with E-state index in [9.17, 15) is 17.6 Å². The largest absolute Gasteiger partial charge is 0.481 e. The minimum absolute atomic E-state index is 0.0101. The summed E-state index contributed by atoms with van der Waals surface area (Å²) in [6, 6.07) is 12.1. The topological polar surface area (TPSA) is 83.5 Å². The van der Waals surface area contributed by atoms with Crippen LogP contribution in [0.2, 0.25) is 0 Å². The number of sulfonamides is 1. The SMILES string of the molecule is O=C(O)Cc1ccc(C[C@@H]2CCC[C@H]2NS(=O)(=O)c2ccc(F)cc2)cc1. The van der Waals surface area contributed by atoms with Crippen LogP contribution in [0, 0.1) is 11.7 Å². The molecule has 3 rings (SSSR count). The lowest BCUT2D eigenvalue weighted by atomic mass is 9.94. The summed E-state index contributed by atoms with van der Waals surface area (Å²) in [5, 5.41) is 8.83. The van der Waals surface area contributed by atoms with E-state index >= 15 is 0 Å². The van der Waals surface area contributed by atoms with E-state index in [1.165, 1.54) is 12.1 Å². The van der Waals surface area contributed by atoms with Crippen molar-refractivity contribution >= 4 is 16.0 Å². The molecule has 27 heavy (non-hydrogen) atoms. The van der Waals surface area contributed by atoms with Gasteiger partial charge in [-0.3, -0.25) is 4.79 Å². The molecule has 2 aromatic rings. The fourth-order valence-electron chi connectivity index (χ4n) is 3.59. The van der Waals surface area contributed by atoms with E-state index in [2.05, 4.69) is 4.72 Å². The molecule has 1 aliphatic rings. The second-order valence-corrected chi connectivity index (χ2v) is 8.68. The van der Waals surface area contributed by atoms with E-state index in [0.29, 0.717) is 0 Å². The first-order valence-corrected chi connectivity index (χ1v) is 10.4. The zero-order valence-corrected chi connectivity index (χ0v) is 15.6. The summed E-state index contributed by atoms with van der Waals surface area (Å²) in [5.41, 5.74) is 1.80. The first kappa shape index (κ1) is 19.5. The quantitative estimate of drug-likeness (QED) is 0.760. The summed E-state index contributed by atoms with van der Waals surface area (Å²) in [5.74, 6) is -1.17. The van der Waals surface area contributed by atoms with Crippen molar-refractivity contribution in [3.8, 4) is 0 Å². The Morgan fingerprint density at radius 1 is 1.04 bits per heavy atom. The molecule has 0 heterocycles. The third kappa shape index (κ3) is 5.14. The first-order chi connectivity index (χ1) is 12.8. The first-order valence-electron chi connectivity index (χ1n) is 8.91. The molecule has 0 bridgehead atoms. The lowest BCUT2D eigenvalue weighted by molar-refractivity contribution is -0.136. The molecule has 2 aromatic carbocycles. The second-order valence-electron chi connectivity index (χ2n) is 6.96. The number of halogens is 1. The molecular formula is C20H22FNO4S. The third-order valence-electron chi connectivity index (χ3n) is 4.97. The van der Waals surface area contributed by atoms with Gasteiger partial charge in [-0.2, -0.15) is 0 Å². The van der Waals surface area contributed by atoms with Crippen molar-refractivity contribution < 1.29 is 22.7 Å². The van der Waals surface area contributed by atoms with Crippen LogP contribution in [0.5, 0.6) is 0 Å². The van der Waals surface area contributed by atoms with Crippen LogP contribution < -0.4 is 4.72 Å². The lowest BCUT2D eigenvalue weighted by Crippen LogP contribution is -2.38. The maximum absolute atomic E-state index is 13.0. The fraction of sp³-hybridized carbons (Fsp3) is 0.350. The number of carboxylic acids is 1. The summed E-state index contributed by atoms with van der Waals surface area (Å²) in [6.07, 6.45) is 3.35. The van der Waals surface area contributed by atoms with Crippen molar-refractivity contribution in [3.63, 3.8) is 0 Å². The van der Waals surface area contributed by atoms with Gasteiger partial charge in [-0.15, -0.1) is 0 Å². The van der Waals surface area contributed by atoms with Crippen LogP contribution >= 0.6 is 0 Å². The number of hydrogen-bond donors (Lipinski definition) is 2. The zero-order valence-electron chi connectivity index (χ0n) is 14.8. The van der Waals surface area contributed by atoms with Crippen molar-refractivity contribution in [2.75, 3.05) is 0 Å². The molecule has 0 radical (unpaired) electrons. The molecule has 1 fully saturated rings. The van der Waals surface area contributed by atoms with Gasteiger partial charge in [-0.05, 0) is 60.6 Å². The van der Waals surface area contributed by atoms with Crippen LogP contribution in [-0.2, 0) is 27.7 Å². The maximum Gasteiger partial charge on any atom is 0.307 e. The van der Waals surface area contributed by atoms with Crippen molar-refractivity contribution in [1.29, 1.82) is 0 Å². The Morgan fingerprint density at radius 3 is 2.30 bits per heavy atom. The van der Waals surface area contributed by atoms with Crippen molar-refractivity contribution in [2.24, 2.45) is 5.92 Å². The van der Waals surface area contributed by atoms with Crippen molar-refractivity contribution in [1.82, 2.24) is 4.72 Å². The molecule has 2 N–H and O–H groups in total. The minimum atomic E-state index is -3.69. The summed E-state index contributed by atoms with van der Waals surface area (Å²) >= 11 is 0. The highest BCUT2D eigenvalue weighted by Crippen LogP contribution is 2.30. The monoisotopic (exact) mass is 391 g/mol. The number of hydrogen-bond acceptors (Lipinski definition) is 3. The Kier molecular flexibility index (Phi) is 5.92. The fourth-order valence-corrected chi connectivity index (χ4v) is 4.93. The van der Waals surface area contributed by atoms with E-state index in [4.69, 9.17) is 5.11 Å². The van der Waals surface area contributed by atoms with Gasteiger partial charge in [0.1, 0.15) is 5.82 Å². The maximum atomic E-state index is 13.0. The summed E-state index contributed by atoms with van der Waals surface area (Å²) in [6.45, 7) is 0. The van der Waals surface area contributed by atoms with Crippen LogP contribution in [0.3, 0.4) is 0 Å². The summed E-state index contributed by atoms with van der Waals surface area (Å²) in [4.78, 5) is 10.8. The molecule has 1 saturated carbocycles. The molecule has 7 heteroatoms. The Labute approximate surface area is 158 Å². The number of carbonyl (C=O) groups is 1. The Morgan fingerprint density at radius 2 is 1.67 bits per heavy atom. The average Bonchev–Trinajstić information content (AvgIpc) is 3.02. The van der Waals surface area contributed by atoms with E-state index in [1.54, 1.807) is 12.1 Å². The minimum Gasteiger partial charge on any atom is -0.481 e. The van der Waals surface area contributed by atoms with Crippen LogP contribution in [0.15, 0.2) is 53.4 Å². The van der Waals surface area contributed by atoms with Gasteiger partial charge < -0.3 is 5.11 Å². The molecule has 0 amide bonds. The van der Waals surface area contributed by atoms with Gasteiger partial charge in [-0.1, -0.05) is 30.7 Å². The highest BCUT2D eigenvalue weighted by atomic mass is 32.2. The standard InChI is InChI=1S/C20H22FNO4S/c21-17-8-10-18(11-9-17)27(25,26)22-19-3-1-2-16(19)12-14-4-6-15(7-5-14)13-20(23)24/h4-11,16,19,22H,1-3,12-13H2,(H,23,24)/t16-,19+/m0/s1. The summed E-state index contributed by atoms with van der Waals surface area (Å²) in [7, 11) is -3.69. The lowest BCUT2D eigenvalue weighted by Gasteiger charge is -2.21. The van der Waals surface area contributed by atoms with Gasteiger partial charge in [0.2, 0.25) is 10.0 Å². The van der Waals surface area contributed by atoms with Gasteiger partial charge in [0.25, 0.3) is 0 Å². The molecule has 0 aromatic heterocycles. The molecule has 1 aliphatic carbocycles. The van der Waals surface area contributed by atoms with E-state index in [0.717, 1.165) is 48.9 Å². The predicted octanol–water partition coefficient (Wildman–Crippen LogP) is 3.14. The average molecular weight is 391 g/mol. The van der Waals surface area contributed by atoms with Crippen LogP contribution in [-0.4, -0.2) is 25.5 Å². The Balaban J connectivity index is 1.66. The third-order valence-corrected chi connectivity index (χ3v) is 6.47. The zero-order chi connectivity index (χ0) is 19.4. The summed E-state index contributed by atoms with van der Waals surface area (Å²) < 4.78 is 40.9. The molecule has 5 nitrogen and oxygen atoms in total. The molecule has 0 saturated heterocycles. The van der Waals surface area contributed by atoms with Gasteiger partial charge >= 0.3 is 5.97 Å². The number of rotatable bonds is 7. The molecule has 144 valence electrons. The van der Waals surface area contributed by atoms with Gasteiger partial charge in [-0.25, -0.2) is 17.5 Å². The predicted molar refractivity (Wildman–Crippen MR) is 99.3 cm³/mol. The van der Waals surface area contributed by atoms with Crippen molar-refractivity contribution in [2.45, 2.75) is 43.0 Å². The van der Waals surface area contributed by atoms with Crippen molar-refractivity contribution in [3.05, 3.63) is 65.5 Å². The highest BCUT2D eigenvalue weighted by molar-refractivity contribution is 7.89. The van der Waals surface area contributed by atoms with Gasteiger partial charge in [0, 0.05) is 6.04 Å². The van der Waals surface area contributed by atoms with Crippen LogP contribution in [0.1, 0.15) is 30.4 Å². The number of benzene rings is 2. The molecule has 0 unspecified atom stereocenters. The molecule has 0 spiro atoms. The molecule has 2 atom stereocenters. The number of nitrogens with one attached hydrogen (secondary N) is 1. The van der Waals surface area contributed by atoms with E-state index < -0.39 is 21.8 Å².